The topological polar surface area (TPSA) is 66.4 Å². The summed E-state index contributed by atoms with van der Waals surface area (Å²) in [6, 6.07) is 14.9. The van der Waals surface area contributed by atoms with Gasteiger partial charge in [0.1, 0.15) is 0 Å². The molecule has 0 fully saturated rings. The Hall–Kier alpha value is -2.14. The third kappa shape index (κ3) is 4.43. The standard InChI is InChI=1S/C16H14BrNO3/c17-13-8-6-11(7-9-13)10-14(19)18-15(16(20)21)12-4-2-1-3-5-12/h1-9,15H,10H2,(H,18,19)(H,20,21)/t15-/m1/s1. The molecule has 21 heavy (non-hydrogen) atoms. The molecule has 1 amide bonds. The number of hydrogen-bond donors (Lipinski definition) is 2. The summed E-state index contributed by atoms with van der Waals surface area (Å²) in [5, 5.41) is 11.8. The third-order valence-corrected chi connectivity index (χ3v) is 3.49. The summed E-state index contributed by atoms with van der Waals surface area (Å²) in [4.78, 5) is 23.3. The SMILES string of the molecule is O=C(Cc1ccc(Br)cc1)N[C@@H](C(=O)O)c1ccccc1. The molecule has 4 nitrogen and oxygen atoms in total. The lowest BCUT2D eigenvalue weighted by Crippen LogP contribution is -2.34. The van der Waals surface area contributed by atoms with Crippen LogP contribution in [0.15, 0.2) is 59.1 Å². The molecule has 0 saturated carbocycles. The van der Waals surface area contributed by atoms with Crippen molar-refractivity contribution in [3.63, 3.8) is 0 Å². The predicted molar refractivity (Wildman–Crippen MR) is 82.8 cm³/mol. The molecule has 2 rings (SSSR count). The van der Waals surface area contributed by atoms with Crippen molar-refractivity contribution in [1.29, 1.82) is 0 Å². The number of aliphatic carboxylic acids is 1. The fourth-order valence-electron chi connectivity index (χ4n) is 1.93. The summed E-state index contributed by atoms with van der Waals surface area (Å²) < 4.78 is 0.930. The van der Waals surface area contributed by atoms with Crippen LogP contribution in [0.4, 0.5) is 0 Å². The predicted octanol–water partition coefficient (Wildman–Crippen LogP) is 2.93. The molecule has 0 spiro atoms. The molecule has 0 bridgehead atoms. The van der Waals surface area contributed by atoms with Gasteiger partial charge in [0.2, 0.25) is 5.91 Å². The Labute approximate surface area is 130 Å². The van der Waals surface area contributed by atoms with Gasteiger partial charge in [-0.2, -0.15) is 0 Å². The van der Waals surface area contributed by atoms with E-state index in [0.717, 1.165) is 10.0 Å². The second kappa shape index (κ2) is 7.04. The molecular weight excluding hydrogens is 334 g/mol. The van der Waals surface area contributed by atoms with Crippen molar-refractivity contribution < 1.29 is 14.7 Å². The second-order valence-corrected chi connectivity index (χ2v) is 5.47. The van der Waals surface area contributed by atoms with Gasteiger partial charge in [-0.25, -0.2) is 4.79 Å². The highest BCUT2D eigenvalue weighted by Crippen LogP contribution is 2.14. The van der Waals surface area contributed by atoms with Crippen LogP contribution in [0.25, 0.3) is 0 Å². The van der Waals surface area contributed by atoms with Crippen molar-refractivity contribution in [3.8, 4) is 0 Å². The number of rotatable bonds is 5. The summed E-state index contributed by atoms with van der Waals surface area (Å²) in [5.41, 5.74) is 1.38. The number of amides is 1. The molecule has 0 aliphatic carbocycles. The minimum atomic E-state index is -1.08. The number of carboxylic acid groups (broad SMARTS) is 1. The van der Waals surface area contributed by atoms with E-state index in [4.69, 9.17) is 0 Å². The summed E-state index contributed by atoms with van der Waals surface area (Å²) in [5.74, 6) is -1.40. The molecule has 1 atom stereocenters. The average Bonchev–Trinajstić information content (AvgIpc) is 2.48. The number of carboxylic acids is 1. The second-order valence-electron chi connectivity index (χ2n) is 4.55. The molecule has 2 N–H and O–H groups in total. The average molecular weight is 348 g/mol. The number of benzene rings is 2. The van der Waals surface area contributed by atoms with Crippen LogP contribution in [0, 0.1) is 0 Å². The molecule has 108 valence electrons. The summed E-state index contributed by atoms with van der Waals surface area (Å²) in [7, 11) is 0. The van der Waals surface area contributed by atoms with E-state index >= 15 is 0 Å². The first-order valence-corrected chi connectivity index (χ1v) is 7.17. The zero-order chi connectivity index (χ0) is 15.2. The Balaban J connectivity index is 2.05. The van der Waals surface area contributed by atoms with Crippen LogP contribution < -0.4 is 5.32 Å². The van der Waals surface area contributed by atoms with Gasteiger partial charge < -0.3 is 10.4 Å². The molecule has 0 unspecified atom stereocenters. The van der Waals surface area contributed by atoms with Crippen LogP contribution in [0.5, 0.6) is 0 Å². The first-order valence-electron chi connectivity index (χ1n) is 6.38. The lowest BCUT2D eigenvalue weighted by Gasteiger charge is -2.15. The Morgan fingerprint density at radius 1 is 1.05 bits per heavy atom. The van der Waals surface area contributed by atoms with Crippen molar-refractivity contribution in [2.75, 3.05) is 0 Å². The molecule has 5 heteroatoms. The van der Waals surface area contributed by atoms with Gasteiger partial charge in [-0.3, -0.25) is 4.79 Å². The van der Waals surface area contributed by atoms with E-state index in [1.807, 2.05) is 24.3 Å². The van der Waals surface area contributed by atoms with Gasteiger partial charge in [-0.15, -0.1) is 0 Å². The smallest absolute Gasteiger partial charge is 0.330 e. The Bertz CT molecular complexity index is 626. The van der Waals surface area contributed by atoms with Gasteiger partial charge in [-0.05, 0) is 23.3 Å². The van der Waals surface area contributed by atoms with Gasteiger partial charge in [0.15, 0.2) is 6.04 Å². The van der Waals surface area contributed by atoms with Gasteiger partial charge in [0, 0.05) is 4.47 Å². The monoisotopic (exact) mass is 347 g/mol. The van der Waals surface area contributed by atoms with Crippen molar-refractivity contribution in [2.45, 2.75) is 12.5 Å². The minimum absolute atomic E-state index is 0.143. The Kier molecular flexibility index (Phi) is 5.11. The number of halogens is 1. The van der Waals surface area contributed by atoms with Crippen molar-refractivity contribution >= 4 is 27.8 Å². The van der Waals surface area contributed by atoms with Crippen LogP contribution in [0.2, 0.25) is 0 Å². The first kappa shape index (κ1) is 15.3. The molecule has 0 saturated heterocycles. The first-order chi connectivity index (χ1) is 10.1. The van der Waals surface area contributed by atoms with E-state index in [-0.39, 0.29) is 12.3 Å². The van der Waals surface area contributed by atoms with Gasteiger partial charge in [0.05, 0.1) is 6.42 Å². The maximum atomic E-state index is 12.0. The summed E-state index contributed by atoms with van der Waals surface area (Å²) >= 11 is 3.32. The maximum Gasteiger partial charge on any atom is 0.330 e. The van der Waals surface area contributed by atoms with Crippen molar-refractivity contribution in [3.05, 3.63) is 70.2 Å². The summed E-state index contributed by atoms with van der Waals surface area (Å²) in [6.07, 6.45) is 0.143. The van der Waals surface area contributed by atoms with Crippen LogP contribution in [0.1, 0.15) is 17.2 Å². The lowest BCUT2D eigenvalue weighted by atomic mass is 10.1. The van der Waals surface area contributed by atoms with E-state index in [0.29, 0.717) is 5.56 Å². The summed E-state index contributed by atoms with van der Waals surface area (Å²) in [6.45, 7) is 0. The van der Waals surface area contributed by atoms with E-state index < -0.39 is 12.0 Å². The normalized spacial score (nSPS) is 11.7. The van der Waals surface area contributed by atoms with Crippen molar-refractivity contribution in [2.24, 2.45) is 0 Å². The highest BCUT2D eigenvalue weighted by Gasteiger charge is 2.21. The number of hydrogen-bond acceptors (Lipinski definition) is 2. The molecule has 2 aromatic rings. The van der Waals surface area contributed by atoms with Crippen LogP contribution in [0.3, 0.4) is 0 Å². The highest BCUT2D eigenvalue weighted by molar-refractivity contribution is 9.10. The largest absolute Gasteiger partial charge is 0.479 e. The van der Waals surface area contributed by atoms with Gasteiger partial charge in [0.25, 0.3) is 0 Å². The van der Waals surface area contributed by atoms with Crippen LogP contribution >= 0.6 is 15.9 Å². The maximum absolute atomic E-state index is 12.0. The van der Waals surface area contributed by atoms with E-state index in [1.165, 1.54) is 0 Å². The lowest BCUT2D eigenvalue weighted by molar-refractivity contribution is -0.141. The van der Waals surface area contributed by atoms with Crippen LogP contribution in [-0.2, 0) is 16.0 Å². The van der Waals surface area contributed by atoms with E-state index in [9.17, 15) is 14.7 Å². The zero-order valence-electron chi connectivity index (χ0n) is 11.1. The van der Waals surface area contributed by atoms with Crippen LogP contribution in [-0.4, -0.2) is 17.0 Å². The molecule has 0 heterocycles. The van der Waals surface area contributed by atoms with E-state index in [2.05, 4.69) is 21.2 Å². The number of carbonyl (C=O) groups is 2. The van der Waals surface area contributed by atoms with E-state index in [1.54, 1.807) is 30.3 Å². The minimum Gasteiger partial charge on any atom is -0.479 e. The fraction of sp³-hybridized carbons (Fsp3) is 0.125. The molecule has 0 aliphatic heterocycles. The molecular formula is C16H14BrNO3. The quantitative estimate of drug-likeness (QED) is 0.873. The van der Waals surface area contributed by atoms with Gasteiger partial charge >= 0.3 is 5.97 Å². The molecule has 0 radical (unpaired) electrons. The van der Waals surface area contributed by atoms with Gasteiger partial charge in [-0.1, -0.05) is 58.4 Å². The Morgan fingerprint density at radius 2 is 1.67 bits per heavy atom. The number of carbonyl (C=O) groups excluding carboxylic acids is 1. The zero-order valence-corrected chi connectivity index (χ0v) is 12.7. The highest BCUT2D eigenvalue weighted by atomic mass is 79.9. The number of nitrogens with one attached hydrogen (secondary N) is 1. The molecule has 2 aromatic carbocycles. The third-order valence-electron chi connectivity index (χ3n) is 2.96. The van der Waals surface area contributed by atoms with Crippen molar-refractivity contribution in [1.82, 2.24) is 5.32 Å². The molecule has 0 aliphatic rings. The molecule has 0 aromatic heterocycles. The Morgan fingerprint density at radius 3 is 2.24 bits per heavy atom. The fourth-order valence-corrected chi connectivity index (χ4v) is 2.20.